The van der Waals surface area contributed by atoms with Crippen LogP contribution in [0.1, 0.15) is 31.2 Å². The number of primary amides is 1. The molecular formula is C13H17N5O. The van der Waals surface area contributed by atoms with Crippen LogP contribution < -0.4 is 16.4 Å². The summed E-state index contributed by atoms with van der Waals surface area (Å²) in [7, 11) is 0. The van der Waals surface area contributed by atoms with Crippen molar-refractivity contribution in [2.45, 2.75) is 31.7 Å². The van der Waals surface area contributed by atoms with Crippen molar-refractivity contribution in [1.29, 1.82) is 5.26 Å². The van der Waals surface area contributed by atoms with E-state index >= 15 is 0 Å². The minimum absolute atomic E-state index is 0.0796. The van der Waals surface area contributed by atoms with Crippen molar-refractivity contribution >= 4 is 17.4 Å². The molecule has 19 heavy (non-hydrogen) atoms. The van der Waals surface area contributed by atoms with Crippen molar-refractivity contribution in [3.8, 4) is 6.07 Å². The van der Waals surface area contributed by atoms with Crippen LogP contribution in [0.2, 0.25) is 0 Å². The molecule has 1 aliphatic carbocycles. The number of amides is 1. The molecule has 1 aromatic heterocycles. The summed E-state index contributed by atoms with van der Waals surface area (Å²) in [5.74, 6) is 0.0804. The van der Waals surface area contributed by atoms with Crippen molar-refractivity contribution in [3.05, 3.63) is 17.8 Å². The maximum absolute atomic E-state index is 11.3. The molecule has 100 valence electrons. The molecular weight excluding hydrogens is 242 g/mol. The van der Waals surface area contributed by atoms with Gasteiger partial charge < -0.3 is 16.4 Å². The molecule has 1 aliphatic rings. The van der Waals surface area contributed by atoms with Gasteiger partial charge in [-0.1, -0.05) is 12.8 Å². The first-order valence-corrected chi connectivity index (χ1v) is 6.32. The molecule has 0 unspecified atom stereocenters. The average Bonchev–Trinajstić information content (AvgIpc) is 2.89. The standard InChI is InChI=1S/C13H17N5O/c14-6-9-5-10(15)7-17-13(9)18(8-12(16)19)11-3-1-2-4-11/h5,7,11H,1-4,8,15H2,(H2,16,19). The van der Waals surface area contributed by atoms with Gasteiger partial charge in [-0.3, -0.25) is 4.79 Å². The molecule has 0 radical (unpaired) electrons. The van der Waals surface area contributed by atoms with Gasteiger partial charge in [0.15, 0.2) is 0 Å². The number of nitrogens with two attached hydrogens (primary N) is 2. The van der Waals surface area contributed by atoms with Gasteiger partial charge in [-0.2, -0.15) is 5.26 Å². The molecule has 0 atom stereocenters. The van der Waals surface area contributed by atoms with Gasteiger partial charge in [0.2, 0.25) is 5.91 Å². The first kappa shape index (κ1) is 13.1. The second-order valence-electron chi connectivity index (χ2n) is 4.78. The van der Waals surface area contributed by atoms with Crippen molar-refractivity contribution in [2.24, 2.45) is 5.73 Å². The lowest BCUT2D eigenvalue weighted by Gasteiger charge is -2.29. The van der Waals surface area contributed by atoms with E-state index in [2.05, 4.69) is 11.1 Å². The molecule has 1 saturated carbocycles. The van der Waals surface area contributed by atoms with Crippen LogP contribution in [0.25, 0.3) is 0 Å². The number of aromatic nitrogens is 1. The van der Waals surface area contributed by atoms with Crippen LogP contribution in [-0.2, 0) is 4.79 Å². The highest BCUT2D eigenvalue weighted by atomic mass is 16.1. The Hall–Kier alpha value is -2.29. The van der Waals surface area contributed by atoms with E-state index in [1.807, 2.05) is 4.90 Å². The van der Waals surface area contributed by atoms with Crippen molar-refractivity contribution in [1.82, 2.24) is 4.98 Å². The molecule has 1 amide bonds. The van der Waals surface area contributed by atoms with Crippen LogP contribution in [0.4, 0.5) is 11.5 Å². The zero-order chi connectivity index (χ0) is 13.8. The summed E-state index contributed by atoms with van der Waals surface area (Å²) in [6, 6.07) is 3.87. The van der Waals surface area contributed by atoms with E-state index in [1.54, 1.807) is 6.07 Å². The van der Waals surface area contributed by atoms with Gasteiger partial charge in [0, 0.05) is 6.04 Å². The molecule has 6 nitrogen and oxygen atoms in total. The number of hydrogen-bond donors (Lipinski definition) is 2. The van der Waals surface area contributed by atoms with Crippen LogP contribution in [-0.4, -0.2) is 23.5 Å². The normalized spacial score (nSPS) is 15.1. The molecule has 0 bridgehead atoms. The monoisotopic (exact) mass is 259 g/mol. The van der Waals surface area contributed by atoms with Crippen LogP contribution in [0.3, 0.4) is 0 Å². The number of carbonyl (C=O) groups is 1. The highest BCUT2D eigenvalue weighted by Crippen LogP contribution is 2.29. The lowest BCUT2D eigenvalue weighted by atomic mass is 10.1. The van der Waals surface area contributed by atoms with E-state index in [0.717, 1.165) is 25.7 Å². The third-order valence-corrected chi connectivity index (χ3v) is 3.37. The van der Waals surface area contributed by atoms with Crippen LogP contribution in [0, 0.1) is 11.3 Å². The molecule has 0 saturated heterocycles. The van der Waals surface area contributed by atoms with E-state index < -0.39 is 5.91 Å². The highest BCUT2D eigenvalue weighted by Gasteiger charge is 2.26. The van der Waals surface area contributed by atoms with Crippen LogP contribution in [0.15, 0.2) is 12.3 Å². The summed E-state index contributed by atoms with van der Waals surface area (Å²) in [5.41, 5.74) is 11.8. The van der Waals surface area contributed by atoms with Gasteiger partial charge in [-0.05, 0) is 18.9 Å². The quantitative estimate of drug-likeness (QED) is 0.830. The molecule has 6 heteroatoms. The summed E-state index contributed by atoms with van der Waals surface area (Å²) >= 11 is 0. The third kappa shape index (κ3) is 2.94. The summed E-state index contributed by atoms with van der Waals surface area (Å²) in [5, 5.41) is 9.18. The highest BCUT2D eigenvalue weighted by molar-refractivity contribution is 5.80. The molecule has 0 spiro atoms. The van der Waals surface area contributed by atoms with Crippen LogP contribution >= 0.6 is 0 Å². The van der Waals surface area contributed by atoms with Crippen LogP contribution in [0.5, 0.6) is 0 Å². The van der Waals surface area contributed by atoms with Gasteiger partial charge in [0.25, 0.3) is 0 Å². The van der Waals surface area contributed by atoms with E-state index in [9.17, 15) is 10.1 Å². The van der Waals surface area contributed by atoms with Gasteiger partial charge in [0.1, 0.15) is 11.9 Å². The second kappa shape index (κ2) is 5.57. The molecule has 1 heterocycles. The maximum Gasteiger partial charge on any atom is 0.237 e. The smallest absolute Gasteiger partial charge is 0.237 e. The number of nitrogen functional groups attached to an aromatic ring is 1. The Morgan fingerprint density at radius 1 is 1.53 bits per heavy atom. The zero-order valence-corrected chi connectivity index (χ0v) is 10.7. The molecule has 0 aromatic carbocycles. The van der Waals surface area contributed by atoms with Gasteiger partial charge in [0.05, 0.1) is 24.0 Å². The molecule has 4 N–H and O–H groups in total. The summed E-state index contributed by atoms with van der Waals surface area (Å²) < 4.78 is 0. The fraction of sp³-hybridized carbons (Fsp3) is 0.462. The number of carbonyl (C=O) groups excluding carboxylic acids is 1. The lowest BCUT2D eigenvalue weighted by molar-refractivity contribution is -0.116. The van der Waals surface area contributed by atoms with Gasteiger partial charge in [-0.25, -0.2) is 4.98 Å². The predicted octanol–water partition coefficient (Wildman–Crippen LogP) is 0.770. The summed E-state index contributed by atoms with van der Waals surface area (Å²) in [6.07, 6.45) is 5.72. The van der Waals surface area contributed by atoms with Gasteiger partial charge >= 0.3 is 0 Å². The number of rotatable bonds is 4. The average molecular weight is 259 g/mol. The minimum Gasteiger partial charge on any atom is -0.397 e. The number of anilines is 2. The minimum atomic E-state index is -0.422. The Morgan fingerprint density at radius 3 is 2.79 bits per heavy atom. The van der Waals surface area contributed by atoms with E-state index in [1.165, 1.54) is 6.20 Å². The molecule has 0 aliphatic heterocycles. The van der Waals surface area contributed by atoms with E-state index in [-0.39, 0.29) is 12.6 Å². The first-order chi connectivity index (χ1) is 9.11. The molecule has 1 aromatic rings. The second-order valence-corrected chi connectivity index (χ2v) is 4.78. The van der Waals surface area contributed by atoms with Crippen molar-refractivity contribution < 1.29 is 4.79 Å². The Morgan fingerprint density at radius 2 is 2.21 bits per heavy atom. The lowest BCUT2D eigenvalue weighted by Crippen LogP contribution is -2.41. The third-order valence-electron chi connectivity index (χ3n) is 3.37. The number of nitriles is 1. The number of nitrogens with zero attached hydrogens (tertiary/aromatic N) is 3. The number of pyridine rings is 1. The summed E-state index contributed by atoms with van der Waals surface area (Å²) in [6.45, 7) is 0.0796. The fourth-order valence-electron chi connectivity index (χ4n) is 2.55. The summed E-state index contributed by atoms with van der Waals surface area (Å²) in [4.78, 5) is 17.3. The van der Waals surface area contributed by atoms with Crippen molar-refractivity contribution in [2.75, 3.05) is 17.2 Å². The Kier molecular flexibility index (Phi) is 3.85. The topological polar surface area (TPSA) is 109 Å². The SMILES string of the molecule is N#Cc1cc(N)cnc1N(CC(N)=O)C1CCCC1. The Bertz CT molecular complexity index is 516. The molecule has 2 rings (SSSR count). The molecule has 1 fully saturated rings. The Balaban J connectivity index is 2.37. The predicted molar refractivity (Wildman–Crippen MR) is 72.2 cm³/mol. The Labute approximate surface area is 112 Å². The van der Waals surface area contributed by atoms with E-state index in [0.29, 0.717) is 17.1 Å². The largest absolute Gasteiger partial charge is 0.397 e. The first-order valence-electron chi connectivity index (χ1n) is 6.32. The fourth-order valence-corrected chi connectivity index (χ4v) is 2.55. The van der Waals surface area contributed by atoms with Gasteiger partial charge in [-0.15, -0.1) is 0 Å². The zero-order valence-electron chi connectivity index (χ0n) is 10.7. The number of hydrogen-bond acceptors (Lipinski definition) is 5. The van der Waals surface area contributed by atoms with E-state index in [4.69, 9.17) is 11.5 Å². The maximum atomic E-state index is 11.3. The van der Waals surface area contributed by atoms with Crippen molar-refractivity contribution in [3.63, 3.8) is 0 Å².